The van der Waals surface area contributed by atoms with E-state index in [1.807, 2.05) is 12.1 Å². The number of hydrogen-bond donors (Lipinski definition) is 2. The summed E-state index contributed by atoms with van der Waals surface area (Å²) in [6, 6.07) is 8.17. The fraction of sp³-hybridized carbons (Fsp3) is 0.333. The van der Waals surface area contributed by atoms with Gasteiger partial charge in [-0.2, -0.15) is 0 Å². The summed E-state index contributed by atoms with van der Waals surface area (Å²) in [6.07, 6.45) is 0.639. The highest BCUT2D eigenvalue weighted by Gasteiger charge is 2.36. The topological polar surface area (TPSA) is 72.2 Å². The predicted octanol–water partition coefficient (Wildman–Crippen LogP) is 0.116. The summed E-state index contributed by atoms with van der Waals surface area (Å²) in [5.41, 5.74) is 7.32. The van der Waals surface area contributed by atoms with Crippen molar-refractivity contribution in [3.05, 3.63) is 35.4 Å². The van der Waals surface area contributed by atoms with E-state index in [-0.39, 0.29) is 11.9 Å². The molecule has 16 heavy (non-hydrogen) atoms. The molecule has 2 unspecified atom stereocenters. The maximum absolute atomic E-state index is 11.4. The normalized spacial score (nSPS) is 22.6. The zero-order valence-corrected chi connectivity index (χ0v) is 8.99. The highest BCUT2D eigenvalue weighted by atomic mass is 16.2. The fourth-order valence-corrected chi connectivity index (χ4v) is 2.28. The van der Waals surface area contributed by atoms with Crippen LogP contribution in [0.15, 0.2) is 18.2 Å². The molecule has 1 radical (unpaired) electrons. The first-order valence-corrected chi connectivity index (χ1v) is 5.15. The van der Waals surface area contributed by atoms with Crippen molar-refractivity contribution < 1.29 is 9.59 Å². The maximum Gasteiger partial charge on any atom is 0.227 e. The number of nitrogens with two attached hydrogens (primary N) is 1. The highest BCUT2D eigenvalue weighted by Crippen LogP contribution is 2.32. The van der Waals surface area contributed by atoms with Crippen molar-refractivity contribution in [2.45, 2.75) is 25.3 Å². The minimum atomic E-state index is -0.423. The Morgan fingerprint density at radius 3 is 2.94 bits per heavy atom. The number of fused-ring (bicyclic) bond motifs is 1. The molecular weight excluding hydrogens is 204 g/mol. The molecule has 0 spiro atoms. The Morgan fingerprint density at radius 1 is 1.56 bits per heavy atom. The van der Waals surface area contributed by atoms with Crippen molar-refractivity contribution in [1.82, 2.24) is 5.32 Å². The summed E-state index contributed by atoms with van der Waals surface area (Å²) in [4.78, 5) is 22.5. The van der Waals surface area contributed by atoms with Crippen LogP contribution in [0.2, 0.25) is 0 Å². The molecule has 1 aromatic rings. The lowest BCUT2D eigenvalue weighted by atomic mass is 9.98. The number of rotatable bonds is 2. The first kappa shape index (κ1) is 10.7. The van der Waals surface area contributed by atoms with Gasteiger partial charge in [0.05, 0.1) is 5.92 Å². The van der Waals surface area contributed by atoms with Crippen molar-refractivity contribution >= 4 is 11.8 Å². The lowest BCUT2D eigenvalue weighted by Gasteiger charge is -2.17. The lowest BCUT2D eigenvalue weighted by Crippen LogP contribution is -2.41. The van der Waals surface area contributed by atoms with Crippen LogP contribution in [0.5, 0.6) is 0 Å². The molecule has 1 aliphatic carbocycles. The molecule has 4 heteroatoms. The van der Waals surface area contributed by atoms with Crippen molar-refractivity contribution in [3.63, 3.8) is 0 Å². The molecule has 2 amide bonds. The van der Waals surface area contributed by atoms with Gasteiger partial charge in [-0.25, -0.2) is 0 Å². The standard InChI is InChI=1S/C12H13N2O2/c1-7(15)14-10-6-8-4-2-3-5-9(8)11(10)12(13)16/h3-5,10-11H,6H2,1H3,(H2,13,16)(H,14,15). The number of benzene rings is 1. The zero-order valence-electron chi connectivity index (χ0n) is 8.99. The summed E-state index contributed by atoms with van der Waals surface area (Å²) in [5, 5.41) is 2.77. The monoisotopic (exact) mass is 217 g/mol. The van der Waals surface area contributed by atoms with Gasteiger partial charge in [-0.15, -0.1) is 0 Å². The first-order valence-electron chi connectivity index (χ1n) is 5.15. The van der Waals surface area contributed by atoms with E-state index in [1.165, 1.54) is 6.92 Å². The number of carbonyl (C=O) groups excluding carboxylic acids is 2. The van der Waals surface area contributed by atoms with Gasteiger partial charge >= 0.3 is 0 Å². The van der Waals surface area contributed by atoms with Crippen LogP contribution in [0.4, 0.5) is 0 Å². The number of hydrogen-bond acceptors (Lipinski definition) is 2. The Hall–Kier alpha value is -1.84. The van der Waals surface area contributed by atoms with Crippen LogP contribution in [-0.2, 0) is 16.0 Å². The van der Waals surface area contributed by atoms with Crippen molar-refractivity contribution in [3.8, 4) is 0 Å². The van der Waals surface area contributed by atoms with Gasteiger partial charge in [0.2, 0.25) is 11.8 Å². The van der Waals surface area contributed by atoms with Crippen LogP contribution in [0.25, 0.3) is 0 Å². The van der Waals surface area contributed by atoms with E-state index < -0.39 is 11.8 Å². The van der Waals surface area contributed by atoms with Gasteiger partial charge in [0.1, 0.15) is 0 Å². The van der Waals surface area contributed by atoms with Gasteiger partial charge in [0.15, 0.2) is 0 Å². The average Bonchev–Trinajstić information content (AvgIpc) is 2.53. The molecule has 0 saturated carbocycles. The fourth-order valence-electron chi connectivity index (χ4n) is 2.28. The lowest BCUT2D eigenvalue weighted by molar-refractivity contribution is -0.121. The summed E-state index contributed by atoms with van der Waals surface area (Å²) < 4.78 is 0. The number of primary amides is 1. The predicted molar refractivity (Wildman–Crippen MR) is 58.5 cm³/mol. The molecule has 0 fully saturated rings. The Bertz CT molecular complexity index is 442. The Kier molecular flexibility index (Phi) is 2.64. The molecule has 0 saturated heterocycles. The molecule has 3 N–H and O–H groups in total. The van der Waals surface area contributed by atoms with Crippen molar-refractivity contribution in [1.29, 1.82) is 0 Å². The molecule has 0 bridgehead atoms. The molecule has 0 aromatic heterocycles. The third-order valence-electron chi connectivity index (χ3n) is 2.86. The van der Waals surface area contributed by atoms with Gasteiger partial charge in [-0.1, -0.05) is 18.2 Å². The van der Waals surface area contributed by atoms with E-state index >= 15 is 0 Å². The van der Waals surface area contributed by atoms with Crippen LogP contribution in [0.1, 0.15) is 24.0 Å². The summed E-state index contributed by atoms with van der Waals surface area (Å²) >= 11 is 0. The molecule has 1 aromatic carbocycles. The third-order valence-corrected chi connectivity index (χ3v) is 2.86. The number of nitrogens with one attached hydrogen (secondary N) is 1. The summed E-state index contributed by atoms with van der Waals surface area (Å²) in [5.74, 6) is -0.967. The van der Waals surface area contributed by atoms with Crippen LogP contribution in [0, 0.1) is 6.07 Å². The number of amides is 2. The minimum Gasteiger partial charge on any atom is -0.369 e. The second kappa shape index (κ2) is 3.96. The highest BCUT2D eigenvalue weighted by molar-refractivity contribution is 5.85. The minimum absolute atomic E-state index is 0.145. The SMILES string of the molecule is CC(=O)NC1Cc2c[c]ccc2C1C(N)=O. The van der Waals surface area contributed by atoms with Gasteiger partial charge < -0.3 is 11.1 Å². The zero-order chi connectivity index (χ0) is 11.7. The molecular formula is C12H13N2O2. The molecule has 0 aliphatic heterocycles. The van der Waals surface area contributed by atoms with E-state index in [4.69, 9.17) is 5.73 Å². The van der Waals surface area contributed by atoms with E-state index in [0.29, 0.717) is 6.42 Å². The van der Waals surface area contributed by atoms with Crippen LogP contribution in [0.3, 0.4) is 0 Å². The molecule has 1 aliphatic rings. The van der Waals surface area contributed by atoms with Crippen molar-refractivity contribution in [2.24, 2.45) is 5.73 Å². The molecule has 0 heterocycles. The van der Waals surface area contributed by atoms with Crippen LogP contribution in [-0.4, -0.2) is 17.9 Å². The van der Waals surface area contributed by atoms with E-state index in [2.05, 4.69) is 11.4 Å². The Labute approximate surface area is 93.8 Å². The average molecular weight is 217 g/mol. The van der Waals surface area contributed by atoms with Gasteiger partial charge in [-0.3, -0.25) is 9.59 Å². The van der Waals surface area contributed by atoms with Gasteiger partial charge in [0, 0.05) is 13.0 Å². The van der Waals surface area contributed by atoms with Gasteiger partial charge in [-0.05, 0) is 23.6 Å². The molecule has 83 valence electrons. The quantitative estimate of drug-likeness (QED) is 0.738. The summed E-state index contributed by atoms with van der Waals surface area (Å²) in [6.45, 7) is 1.44. The largest absolute Gasteiger partial charge is 0.369 e. The Morgan fingerprint density at radius 2 is 2.31 bits per heavy atom. The van der Waals surface area contributed by atoms with E-state index in [1.54, 1.807) is 6.07 Å². The molecule has 2 rings (SSSR count). The Balaban J connectivity index is 2.33. The smallest absolute Gasteiger partial charge is 0.227 e. The number of carbonyl (C=O) groups is 2. The van der Waals surface area contributed by atoms with Crippen molar-refractivity contribution in [2.75, 3.05) is 0 Å². The second-order valence-electron chi connectivity index (χ2n) is 4.02. The maximum atomic E-state index is 11.4. The second-order valence-corrected chi connectivity index (χ2v) is 4.02. The molecule has 2 atom stereocenters. The van der Waals surface area contributed by atoms with Gasteiger partial charge in [0.25, 0.3) is 0 Å². The summed E-state index contributed by atoms with van der Waals surface area (Å²) in [7, 11) is 0. The third kappa shape index (κ3) is 1.78. The van der Waals surface area contributed by atoms with Crippen LogP contribution < -0.4 is 11.1 Å². The van der Waals surface area contributed by atoms with E-state index in [9.17, 15) is 9.59 Å². The van der Waals surface area contributed by atoms with E-state index in [0.717, 1.165) is 11.1 Å². The molecule has 4 nitrogen and oxygen atoms in total. The first-order chi connectivity index (χ1) is 7.59. The van der Waals surface area contributed by atoms with Crippen LogP contribution >= 0.6 is 0 Å².